The van der Waals surface area contributed by atoms with E-state index in [2.05, 4.69) is 4.98 Å². The van der Waals surface area contributed by atoms with Crippen molar-refractivity contribution in [1.29, 1.82) is 0 Å². The Hall–Kier alpha value is -1.35. The zero-order valence-electron chi connectivity index (χ0n) is 6.99. The minimum Gasteiger partial charge on any atom is -0.269 e. The maximum Gasteiger partial charge on any atom is 0.258 e. The van der Waals surface area contributed by atoms with E-state index in [1.54, 1.807) is 25.3 Å². The van der Waals surface area contributed by atoms with E-state index in [1.807, 2.05) is 0 Å². The lowest BCUT2D eigenvalue weighted by Gasteiger charge is -2.00. The first-order valence-corrected chi connectivity index (χ1v) is 4.20. The third-order valence-electron chi connectivity index (χ3n) is 1.75. The van der Waals surface area contributed by atoms with Gasteiger partial charge in [0.1, 0.15) is 5.65 Å². The molecule has 0 aromatic carbocycles. The zero-order valence-corrected chi connectivity index (χ0v) is 7.75. The van der Waals surface area contributed by atoms with Crippen molar-refractivity contribution in [2.75, 3.05) is 0 Å². The SMILES string of the molecule is Cc1cc(=O)n2cc(Cl)ccc2n1. The molecule has 0 aliphatic heterocycles. The van der Waals surface area contributed by atoms with Gasteiger partial charge in [0.2, 0.25) is 0 Å². The Morgan fingerprint density at radius 2 is 2.23 bits per heavy atom. The van der Waals surface area contributed by atoms with Gasteiger partial charge in [-0.05, 0) is 19.1 Å². The number of pyridine rings is 1. The van der Waals surface area contributed by atoms with Crippen molar-refractivity contribution in [3.8, 4) is 0 Å². The molecule has 0 atom stereocenters. The molecule has 0 aliphatic carbocycles. The molecule has 0 unspecified atom stereocenters. The number of aryl methyl sites for hydroxylation is 1. The van der Waals surface area contributed by atoms with Gasteiger partial charge in [-0.2, -0.15) is 0 Å². The molecular formula is C9H7ClN2O. The van der Waals surface area contributed by atoms with Crippen molar-refractivity contribution in [3.05, 3.63) is 45.5 Å². The molecule has 4 heteroatoms. The van der Waals surface area contributed by atoms with Crippen LogP contribution in [0.3, 0.4) is 0 Å². The van der Waals surface area contributed by atoms with Gasteiger partial charge < -0.3 is 0 Å². The Bertz CT molecular complexity index is 518. The molecule has 0 amide bonds. The van der Waals surface area contributed by atoms with E-state index < -0.39 is 0 Å². The van der Waals surface area contributed by atoms with E-state index in [1.165, 1.54) is 10.5 Å². The predicted molar refractivity (Wildman–Crippen MR) is 51.2 cm³/mol. The van der Waals surface area contributed by atoms with E-state index in [9.17, 15) is 4.79 Å². The van der Waals surface area contributed by atoms with Crippen molar-refractivity contribution in [3.63, 3.8) is 0 Å². The van der Waals surface area contributed by atoms with E-state index >= 15 is 0 Å². The van der Waals surface area contributed by atoms with Crippen LogP contribution in [0.2, 0.25) is 5.02 Å². The fraction of sp³-hybridized carbons (Fsp3) is 0.111. The minimum atomic E-state index is -0.106. The summed E-state index contributed by atoms with van der Waals surface area (Å²) in [7, 11) is 0. The number of nitrogens with zero attached hydrogens (tertiary/aromatic N) is 2. The molecule has 0 radical (unpaired) electrons. The van der Waals surface area contributed by atoms with Crippen LogP contribution in [-0.4, -0.2) is 9.38 Å². The largest absolute Gasteiger partial charge is 0.269 e. The lowest BCUT2D eigenvalue weighted by atomic mass is 10.4. The van der Waals surface area contributed by atoms with Gasteiger partial charge in [0.05, 0.1) is 5.02 Å². The Morgan fingerprint density at radius 3 is 3.00 bits per heavy atom. The lowest BCUT2D eigenvalue weighted by Crippen LogP contribution is -2.13. The van der Waals surface area contributed by atoms with E-state index in [4.69, 9.17) is 11.6 Å². The van der Waals surface area contributed by atoms with Gasteiger partial charge in [0.15, 0.2) is 0 Å². The summed E-state index contributed by atoms with van der Waals surface area (Å²) < 4.78 is 1.43. The molecule has 0 fully saturated rings. The molecule has 2 aromatic heterocycles. The summed E-state index contributed by atoms with van der Waals surface area (Å²) in [4.78, 5) is 15.6. The first-order valence-electron chi connectivity index (χ1n) is 3.82. The molecule has 2 rings (SSSR count). The van der Waals surface area contributed by atoms with Crippen molar-refractivity contribution in [2.45, 2.75) is 6.92 Å². The number of hydrogen-bond acceptors (Lipinski definition) is 2. The summed E-state index contributed by atoms with van der Waals surface area (Å²) in [6.45, 7) is 1.79. The van der Waals surface area contributed by atoms with E-state index in [0.717, 1.165) is 0 Å². The summed E-state index contributed by atoms with van der Waals surface area (Å²) in [5.74, 6) is 0. The molecule has 0 saturated carbocycles. The van der Waals surface area contributed by atoms with Crippen LogP contribution in [0.1, 0.15) is 5.69 Å². The highest BCUT2D eigenvalue weighted by Gasteiger charge is 1.98. The quantitative estimate of drug-likeness (QED) is 0.639. The molecule has 0 spiro atoms. The van der Waals surface area contributed by atoms with Crippen molar-refractivity contribution < 1.29 is 0 Å². The summed E-state index contributed by atoms with van der Waals surface area (Å²) in [6.07, 6.45) is 1.56. The van der Waals surface area contributed by atoms with Crippen molar-refractivity contribution in [2.24, 2.45) is 0 Å². The number of aromatic nitrogens is 2. The number of hydrogen-bond donors (Lipinski definition) is 0. The highest BCUT2D eigenvalue weighted by molar-refractivity contribution is 6.30. The van der Waals surface area contributed by atoms with E-state index in [-0.39, 0.29) is 5.56 Å². The van der Waals surface area contributed by atoms with Gasteiger partial charge in [0, 0.05) is 18.0 Å². The zero-order chi connectivity index (χ0) is 9.42. The third-order valence-corrected chi connectivity index (χ3v) is 1.98. The maximum absolute atomic E-state index is 11.4. The smallest absolute Gasteiger partial charge is 0.258 e. The van der Waals surface area contributed by atoms with Crippen molar-refractivity contribution in [1.82, 2.24) is 9.38 Å². The summed E-state index contributed by atoms with van der Waals surface area (Å²) in [5, 5.41) is 0.528. The van der Waals surface area contributed by atoms with Crippen LogP contribution in [0, 0.1) is 6.92 Å². The summed E-state index contributed by atoms with van der Waals surface area (Å²) in [6, 6.07) is 4.91. The molecule has 13 heavy (non-hydrogen) atoms. The first kappa shape index (κ1) is 8.26. The molecule has 3 nitrogen and oxygen atoms in total. The second-order valence-corrected chi connectivity index (χ2v) is 3.25. The second-order valence-electron chi connectivity index (χ2n) is 2.81. The monoisotopic (exact) mass is 194 g/mol. The van der Waals surface area contributed by atoms with Gasteiger partial charge in [-0.25, -0.2) is 4.98 Å². The van der Waals surface area contributed by atoms with Crippen LogP contribution in [0.25, 0.3) is 5.65 Å². The normalized spacial score (nSPS) is 10.6. The Labute approximate surface area is 79.6 Å². The van der Waals surface area contributed by atoms with Crippen LogP contribution in [0.5, 0.6) is 0 Å². The molecule has 0 N–H and O–H groups in total. The number of fused-ring (bicyclic) bond motifs is 1. The highest BCUT2D eigenvalue weighted by atomic mass is 35.5. The van der Waals surface area contributed by atoms with Crippen molar-refractivity contribution >= 4 is 17.2 Å². The average molecular weight is 195 g/mol. The van der Waals surface area contributed by atoms with Crippen LogP contribution in [-0.2, 0) is 0 Å². The Kier molecular flexibility index (Phi) is 1.81. The Morgan fingerprint density at radius 1 is 1.46 bits per heavy atom. The molecule has 0 aliphatic rings. The highest BCUT2D eigenvalue weighted by Crippen LogP contribution is 2.07. The van der Waals surface area contributed by atoms with Gasteiger partial charge >= 0.3 is 0 Å². The maximum atomic E-state index is 11.4. The minimum absolute atomic E-state index is 0.106. The lowest BCUT2D eigenvalue weighted by molar-refractivity contribution is 1.02. The third kappa shape index (κ3) is 1.42. The molecule has 2 heterocycles. The van der Waals surface area contributed by atoms with Gasteiger partial charge in [-0.15, -0.1) is 0 Å². The van der Waals surface area contributed by atoms with Gasteiger partial charge in [0.25, 0.3) is 5.56 Å². The number of halogens is 1. The fourth-order valence-corrected chi connectivity index (χ4v) is 1.36. The molecule has 2 aromatic rings. The second kappa shape index (κ2) is 2.85. The molecule has 0 bridgehead atoms. The molecule has 0 saturated heterocycles. The molecule has 66 valence electrons. The van der Waals surface area contributed by atoms with E-state index in [0.29, 0.717) is 16.4 Å². The van der Waals surface area contributed by atoms with Crippen LogP contribution >= 0.6 is 11.6 Å². The average Bonchev–Trinajstić information content (AvgIpc) is 2.06. The van der Waals surface area contributed by atoms with Crippen LogP contribution in [0.15, 0.2) is 29.2 Å². The number of rotatable bonds is 0. The Balaban J connectivity index is 2.95. The summed E-state index contributed by atoms with van der Waals surface area (Å²) >= 11 is 5.74. The fourth-order valence-electron chi connectivity index (χ4n) is 1.20. The summed E-state index contributed by atoms with van der Waals surface area (Å²) in [5.41, 5.74) is 1.23. The van der Waals surface area contributed by atoms with Gasteiger partial charge in [-0.3, -0.25) is 9.20 Å². The predicted octanol–water partition coefficient (Wildman–Crippen LogP) is 1.66. The molecular weight excluding hydrogens is 188 g/mol. The van der Waals surface area contributed by atoms with Gasteiger partial charge in [-0.1, -0.05) is 11.6 Å². The van der Waals surface area contributed by atoms with Crippen LogP contribution in [0.4, 0.5) is 0 Å². The van der Waals surface area contributed by atoms with Crippen LogP contribution < -0.4 is 5.56 Å². The topological polar surface area (TPSA) is 34.4 Å². The first-order chi connectivity index (χ1) is 6.16. The standard InChI is InChI=1S/C9H7ClN2O/c1-6-4-9(13)12-5-7(10)2-3-8(12)11-6/h2-5H,1H3.